The largest absolute Gasteiger partial charge is 0.480 e. The van der Waals surface area contributed by atoms with Crippen LogP contribution in [0.25, 0.3) is 0 Å². The van der Waals surface area contributed by atoms with Gasteiger partial charge in [0.05, 0.1) is 0 Å². The Morgan fingerprint density at radius 1 is 1.83 bits per heavy atom. The van der Waals surface area contributed by atoms with Crippen molar-refractivity contribution in [1.82, 2.24) is 5.32 Å². The number of hydrogen-bond donors (Lipinski definition) is 5. The van der Waals surface area contributed by atoms with E-state index in [-0.39, 0.29) is 12.8 Å². The van der Waals surface area contributed by atoms with E-state index in [0.29, 0.717) is 0 Å². The van der Waals surface area contributed by atoms with Gasteiger partial charge in [0.1, 0.15) is 6.04 Å². The predicted molar refractivity (Wildman–Crippen MR) is 44.8 cm³/mol. The minimum Gasteiger partial charge on any atom is -0.480 e. The van der Waals surface area contributed by atoms with E-state index in [1.807, 2.05) is 0 Å². The lowest BCUT2D eigenvalue weighted by Crippen LogP contribution is -2.34. The zero-order chi connectivity index (χ0) is 11.4. The standard InChI is InChI=1S/C6H14N4O2/c7-4(5(11)12)2-1-3-10-6(8)9/h4H,1-3,7H2,(H,11,12)(H4,8,9,10)/i3D2. The van der Waals surface area contributed by atoms with Gasteiger partial charge < -0.3 is 21.9 Å². The smallest absolute Gasteiger partial charge is 0.320 e. The third-order valence-corrected chi connectivity index (χ3v) is 1.12. The molecule has 0 aliphatic heterocycles. The number of guanidine groups is 1. The van der Waals surface area contributed by atoms with Crippen LogP contribution in [0.15, 0.2) is 0 Å². The van der Waals surface area contributed by atoms with E-state index >= 15 is 0 Å². The van der Waals surface area contributed by atoms with E-state index in [2.05, 4.69) is 5.32 Å². The van der Waals surface area contributed by atoms with Gasteiger partial charge in [0.2, 0.25) is 0 Å². The average Bonchev–Trinajstić information content (AvgIpc) is 1.97. The van der Waals surface area contributed by atoms with E-state index in [9.17, 15) is 4.79 Å². The Morgan fingerprint density at radius 3 is 2.83 bits per heavy atom. The minimum absolute atomic E-state index is 0.0252. The van der Waals surface area contributed by atoms with Crippen molar-refractivity contribution in [2.45, 2.75) is 18.9 Å². The molecule has 6 heteroatoms. The highest BCUT2D eigenvalue weighted by molar-refractivity contribution is 5.74. The molecule has 70 valence electrons. The van der Waals surface area contributed by atoms with Crippen molar-refractivity contribution < 1.29 is 12.6 Å². The SMILES string of the molecule is [2H]C([2H])(CCC(N)C(=O)O)NC(=N)N. The number of nitrogens with one attached hydrogen (secondary N) is 2. The first kappa shape index (κ1) is 7.35. The van der Waals surface area contributed by atoms with Gasteiger partial charge in [-0.3, -0.25) is 10.2 Å². The molecular weight excluding hydrogens is 160 g/mol. The van der Waals surface area contributed by atoms with Gasteiger partial charge in [-0.1, -0.05) is 0 Å². The highest BCUT2D eigenvalue weighted by atomic mass is 16.4. The first-order chi connectivity index (χ1) is 6.24. The fraction of sp³-hybridized carbons (Fsp3) is 0.667. The van der Waals surface area contributed by atoms with Crippen molar-refractivity contribution in [3.05, 3.63) is 0 Å². The van der Waals surface area contributed by atoms with Crippen LogP contribution in [0.3, 0.4) is 0 Å². The summed E-state index contributed by atoms with van der Waals surface area (Å²) in [5, 5.41) is 17.3. The molecule has 1 atom stereocenters. The van der Waals surface area contributed by atoms with Crippen molar-refractivity contribution in [3.8, 4) is 0 Å². The van der Waals surface area contributed by atoms with Crippen LogP contribution in [0.5, 0.6) is 0 Å². The van der Waals surface area contributed by atoms with Crippen molar-refractivity contribution in [1.29, 1.82) is 5.41 Å². The van der Waals surface area contributed by atoms with E-state index in [0.717, 1.165) is 0 Å². The fourth-order valence-electron chi connectivity index (χ4n) is 0.509. The summed E-state index contributed by atoms with van der Waals surface area (Å²) >= 11 is 0. The molecule has 0 saturated carbocycles. The molecule has 0 aliphatic rings. The van der Waals surface area contributed by atoms with E-state index in [4.69, 9.17) is 24.7 Å². The number of aliphatic carboxylic acids is 1. The van der Waals surface area contributed by atoms with E-state index in [1.165, 1.54) is 0 Å². The molecule has 0 fully saturated rings. The van der Waals surface area contributed by atoms with E-state index < -0.39 is 24.5 Å². The Bertz CT molecular complexity index is 234. The molecule has 0 heterocycles. The molecule has 0 aliphatic carbocycles. The predicted octanol–water partition coefficient (Wildman–Crippen LogP) is -1.34. The molecule has 0 aromatic rings. The second-order valence-corrected chi connectivity index (χ2v) is 2.20. The molecule has 0 radical (unpaired) electrons. The summed E-state index contributed by atoms with van der Waals surface area (Å²) in [6.45, 7) is -1.90. The van der Waals surface area contributed by atoms with Crippen molar-refractivity contribution in [3.63, 3.8) is 0 Å². The average molecular weight is 176 g/mol. The lowest BCUT2D eigenvalue weighted by atomic mass is 10.2. The number of carbonyl (C=O) groups is 1. The summed E-state index contributed by atoms with van der Waals surface area (Å²) in [5.41, 5.74) is 10.1. The first-order valence-electron chi connectivity index (χ1n) is 4.35. The molecule has 7 N–H and O–H groups in total. The summed E-state index contributed by atoms with van der Waals surface area (Å²) in [4.78, 5) is 10.3. The van der Waals surface area contributed by atoms with Gasteiger partial charge in [-0.2, -0.15) is 0 Å². The highest BCUT2D eigenvalue weighted by Crippen LogP contribution is 1.92. The highest BCUT2D eigenvalue weighted by Gasteiger charge is 2.09. The van der Waals surface area contributed by atoms with Gasteiger partial charge in [-0.05, 0) is 12.8 Å². The number of rotatable bonds is 5. The molecule has 0 saturated heterocycles. The maximum absolute atomic E-state index is 10.3. The summed E-state index contributed by atoms with van der Waals surface area (Å²) in [6.07, 6.45) is -0.150. The van der Waals surface area contributed by atoms with Gasteiger partial charge in [0.25, 0.3) is 0 Å². The van der Waals surface area contributed by atoms with Crippen molar-refractivity contribution in [2.75, 3.05) is 6.50 Å². The number of carboxylic acid groups (broad SMARTS) is 1. The molecule has 1 unspecified atom stereocenters. The Kier molecular flexibility index (Phi) is 3.29. The van der Waals surface area contributed by atoms with E-state index in [1.54, 1.807) is 0 Å². The zero-order valence-electron chi connectivity index (χ0n) is 8.50. The fourth-order valence-corrected chi connectivity index (χ4v) is 0.509. The second-order valence-electron chi connectivity index (χ2n) is 2.20. The molecule has 0 aromatic heterocycles. The Hall–Kier alpha value is -1.30. The van der Waals surface area contributed by atoms with Crippen LogP contribution in [0, 0.1) is 5.41 Å². The molecule has 0 bridgehead atoms. The van der Waals surface area contributed by atoms with Crippen LogP contribution >= 0.6 is 0 Å². The summed E-state index contributed by atoms with van der Waals surface area (Å²) in [6, 6.07) is -1.10. The van der Waals surface area contributed by atoms with Gasteiger partial charge in [0.15, 0.2) is 5.96 Å². The number of carboxylic acids is 1. The third kappa shape index (κ3) is 5.48. The first-order valence-corrected chi connectivity index (χ1v) is 3.35. The minimum atomic E-state index is -1.90. The van der Waals surface area contributed by atoms with Crippen LogP contribution < -0.4 is 16.8 Å². The topological polar surface area (TPSA) is 125 Å². The van der Waals surface area contributed by atoms with Gasteiger partial charge in [-0.15, -0.1) is 0 Å². The molecule has 0 rings (SSSR count). The molecule has 0 amide bonds. The summed E-state index contributed by atoms with van der Waals surface area (Å²) in [5.74, 6) is -1.68. The van der Waals surface area contributed by atoms with Gasteiger partial charge in [-0.25, -0.2) is 0 Å². The number of nitrogens with two attached hydrogens (primary N) is 2. The van der Waals surface area contributed by atoms with Crippen LogP contribution in [-0.2, 0) is 4.79 Å². The molecule has 0 spiro atoms. The quantitative estimate of drug-likeness (QED) is 0.262. The Labute approximate surface area is 73.2 Å². The Morgan fingerprint density at radius 2 is 2.42 bits per heavy atom. The molecule has 6 nitrogen and oxygen atoms in total. The second kappa shape index (κ2) is 5.36. The van der Waals surface area contributed by atoms with Gasteiger partial charge >= 0.3 is 5.97 Å². The van der Waals surface area contributed by atoms with Crippen LogP contribution in [0.2, 0.25) is 0 Å². The monoisotopic (exact) mass is 176 g/mol. The van der Waals surface area contributed by atoms with Crippen LogP contribution in [0.4, 0.5) is 0 Å². The van der Waals surface area contributed by atoms with Crippen molar-refractivity contribution >= 4 is 11.9 Å². The maximum Gasteiger partial charge on any atom is 0.320 e. The number of hydrogen-bond acceptors (Lipinski definition) is 3. The lowest BCUT2D eigenvalue weighted by Gasteiger charge is -2.06. The lowest BCUT2D eigenvalue weighted by molar-refractivity contribution is -0.138. The Balaban J connectivity index is 3.98. The normalized spacial score (nSPS) is 15.8. The third-order valence-electron chi connectivity index (χ3n) is 1.12. The zero-order valence-corrected chi connectivity index (χ0v) is 6.50. The maximum atomic E-state index is 10.3. The summed E-state index contributed by atoms with van der Waals surface area (Å²) in [7, 11) is 0. The molecule has 12 heavy (non-hydrogen) atoms. The molecular formula is C6H14N4O2. The molecule has 0 aromatic carbocycles. The van der Waals surface area contributed by atoms with Crippen LogP contribution in [-0.4, -0.2) is 29.6 Å². The van der Waals surface area contributed by atoms with Crippen LogP contribution in [0.1, 0.15) is 15.6 Å². The van der Waals surface area contributed by atoms with Gasteiger partial charge in [0, 0.05) is 9.24 Å². The summed E-state index contributed by atoms with van der Waals surface area (Å²) < 4.78 is 14.6. The van der Waals surface area contributed by atoms with Crippen molar-refractivity contribution in [2.24, 2.45) is 11.5 Å².